The molecule has 138 valence electrons. The number of carbonyl (C=O) groups excluding carboxylic acids is 1. The van der Waals surface area contributed by atoms with Gasteiger partial charge in [0, 0.05) is 12.1 Å². The van der Waals surface area contributed by atoms with Gasteiger partial charge in [-0.05, 0) is 30.7 Å². The lowest BCUT2D eigenvalue weighted by molar-refractivity contribution is -0.141. The van der Waals surface area contributed by atoms with Gasteiger partial charge in [-0.15, -0.1) is 0 Å². The summed E-state index contributed by atoms with van der Waals surface area (Å²) in [7, 11) is -3.46. The van der Waals surface area contributed by atoms with Crippen LogP contribution in [0.15, 0.2) is 59.5 Å². The normalized spacial score (nSPS) is 12.4. The van der Waals surface area contributed by atoms with Crippen LogP contribution in [0.2, 0.25) is 0 Å². The lowest BCUT2D eigenvalue weighted by Crippen LogP contribution is -2.42. The van der Waals surface area contributed by atoms with Crippen molar-refractivity contribution in [3.05, 3.63) is 65.7 Å². The molecule has 2 rings (SSSR count). The molecule has 0 aliphatic carbocycles. The number of hydrogen-bond acceptors (Lipinski definition) is 4. The standard InChI is InChI=1S/C19H21NO5S/c1-3-26(24,25)17-11-7-10-16(12-17)18(21)20(14(2)19(22)23)13-15-8-5-4-6-9-15/h4-12,14H,3,13H2,1-2H3,(H,22,23). The molecule has 0 aliphatic rings. The molecular formula is C19H21NO5S. The molecule has 0 spiro atoms. The number of hydrogen-bond donors (Lipinski definition) is 1. The van der Waals surface area contributed by atoms with Gasteiger partial charge in [0.05, 0.1) is 10.6 Å². The van der Waals surface area contributed by atoms with Crippen molar-refractivity contribution >= 4 is 21.7 Å². The van der Waals surface area contributed by atoms with Crippen LogP contribution in [0.4, 0.5) is 0 Å². The highest BCUT2D eigenvalue weighted by molar-refractivity contribution is 7.91. The number of amides is 1. The van der Waals surface area contributed by atoms with Crippen LogP contribution in [0.1, 0.15) is 29.8 Å². The van der Waals surface area contributed by atoms with Crippen LogP contribution in [-0.4, -0.2) is 42.1 Å². The zero-order valence-electron chi connectivity index (χ0n) is 14.6. The van der Waals surface area contributed by atoms with Crippen LogP contribution < -0.4 is 0 Å². The molecular weight excluding hydrogens is 354 g/mol. The van der Waals surface area contributed by atoms with Crippen LogP contribution in [0.25, 0.3) is 0 Å². The fourth-order valence-electron chi connectivity index (χ4n) is 2.45. The van der Waals surface area contributed by atoms with Crippen molar-refractivity contribution < 1.29 is 23.1 Å². The third-order valence-electron chi connectivity index (χ3n) is 4.10. The summed E-state index contributed by atoms with van der Waals surface area (Å²) in [5.41, 5.74) is 0.926. The molecule has 0 aliphatic heterocycles. The van der Waals surface area contributed by atoms with Gasteiger partial charge >= 0.3 is 5.97 Å². The molecule has 0 aromatic heterocycles. The Bertz CT molecular complexity index is 893. The summed E-state index contributed by atoms with van der Waals surface area (Å²) in [4.78, 5) is 25.6. The van der Waals surface area contributed by atoms with Crippen LogP contribution in [0.3, 0.4) is 0 Å². The molecule has 0 bridgehead atoms. The Labute approximate surface area is 153 Å². The van der Waals surface area contributed by atoms with E-state index in [1.165, 1.54) is 43.0 Å². The zero-order chi connectivity index (χ0) is 19.3. The predicted molar refractivity (Wildman–Crippen MR) is 97.6 cm³/mol. The van der Waals surface area contributed by atoms with Crippen molar-refractivity contribution in [1.29, 1.82) is 0 Å². The fraction of sp³-hybridized carbons (Fsp3) is 0.263. The average Bonchev–Trinajstić information content (AvgIpc) is 2.65. The van der Waals surface area contributed by atoms with Gasteiger partial charge in [-0.25, -0.2) is 13.2 Å². The van der Waals surface area contributed by atoms with Gasteiger partial charge in [0.25, 0.3) is 5.91 Å². The first kappa shape index (κ1) is 19.7. The number of benzene rings is 2. The Balaban J connectivity index is 2.40. The molecule has 2 aromatic rings. The third-order valence-corrected chi connectivity index (χ3v) is 5.83. The Kier molecular flexibility index (Phi) is 6.15. The quantitative estimate of drug-likeness (QED) is 0.803. The summed E-state index contributed by atoms with van der Waals surface area (Å²) in [6.07, 6.45) is 0. The molecule has 2 aromatic carbocycles. The number of rotatable bonds is 7. The first-order valence-electron chi connectivity index (χ1n) is 8.16. The van der Waals surface area contributed by atoms with E-state index in [1.54, 1.807) is 24.3 Å². The predicted octanol–water partition coefficient (Wildman–Crippen LogP) is 2.60. The van der Waals surface area contributed by atoms with Gasteiger partial charge < -0.3 is 10.0 Å². The smallest absolute Gasteiger partial charge is 0.326 e. The van der Waals surface area contributed by atoms with Crippen molar-refractivity contribution in [3.8, 4) is 0 Å². The molecule has 0 radical (unpaired) electrons. The second kappa shape index (κ2) is 8.14. The highest BCUT2D eigenvalue weighted by Gasteiger charge is 2.27. The molecule has 1 amide bonds. The monoisotopic (exact) mass is 375 g/mol. The molecule has 1 unspecified atom stereocenters. The second-order valence-electron chi connectivity index (χ2n) is 5.86. The lowest BCUT2D eigenvalue weighted by Gasteiger charge is -2.27. The average molecular weight is 375 g/mol. The summed E-state index contributed by atoms with van der Waals surface area (Å²) >= 11 is 0. The maximum Gasteiger partial charge on any atom is 0.326 e. The third kappa shape index (κ3) is 4.49. The summed E-state index contributed by atoms with van der Waals surface area (Å²) < 4.78 is 24.1. The van der Waals surface area contributed by atoms with Crippen molar-refractivity contribution in [2.45, 2.75) is 31.3 Å². The Morgan fingerprint density at radius 2 is 1.73 bits per heavy atom. The molecule has 0 saturated heterocycles. The van der Waals surface area contributed by atoms with Crippen LogP contribution >= 0.6 is 0 Å². The van der Waals surface area contributed by atoms with Crippen molar-refractivity contribution in [2.24, 2.45) is 0 Å². The second-order valence-corrected chi connectivity index (χ2v) is 8.14. The molecule has 1 N–H and O–H groups in total. The fourth-order valence-corrected chi connectivity index (χ4v) is 3.38. The highest BCUT2D eigenvalue weighted by Crippen LogP contribution is 2.18. The molecule has 0 heterocycles. The Hall–Kier alpha value is -2.67. The molecule has 0 saturated carbocycles. The maximum atomic E-state index is 12.9. The first-order valence-corrected chi connectivity index (χ1v) is 9.82. The lowest BCUT2D eigenvalue weighted by atomic mass is 10.1. The first-order chi connectivity index (χ1) is 12.3. The number of aliphatic carboxylic acids is 1. The van der Waals surface area contributed by atoms with Gasteiger partial charge in [0.2, 0.25) is 0 Å². The number of carboxylic acid groups (broad SMARTS) is 1. The zero-order valence-corrected chi connectivity index (χ0v) is 15.4. The number of carbonyl (C=O) groups is 2. The van der Waals surface area contributed by atoms with E-state index in [1.807, 2.05) is 6.07 Å². The van der Waals surface area contributed by atoms with E-state index in [4.69, 9.17) is 0 Å². The van der Waals surface area contributed by atoms with E-state index in [-0.39, 0.29) is 22.8 Å². The number of nitrogens with zero attached hydrogens (tertiary/aromatic N) is 1. The van der Waals surface area contributed by atoms with Crippen molar-refractivity contribution in [2.75, 3.05) is 5.75 Å². The van der Waals surface area contributed by atoms with E-state index in [0.29, 0.717) is 0 Å². The maximum absolute atomic E-state index is 12.9. The SMILES string of the molecule is CCS(=O)(=O)c1cccc(C(=O)N(Cc2ccccc2)C(C)C(=O)O)c1. The summed E-state index contributed by atoms with van der Waals surface area (Å²) in [6.45, 7) is 3.06. The number of carboxylic acids is 1. The Morgan fingerprint density at radius 1 is 1.08 bits per heavy atom. The van der Waals surface area contributed by atoms with Crippen molar-refractivity contribution in [1.82, 2.24) is 4.90 Å². The van der Waals surface area contributed by atoms with Gasteiger partial charge in [0.1, 0.15) is 6.04 Å². The summed E-state index contributed by atoms with van der Waals surface area (Å²) in [6, 6.07) is 13.7. The van der Waals surface area contributed by atoms with Crippen LogP contribution in [0.5, 0.6) is 0 Å². The van der Waals surface area contributed by atoms with Crippen LogP contribution in [-0.2, 0) is 21.2 Å². The molecule has 7 heteroatoms. The summed E-state index contributed by atoms with van der Waals surface area (Å²) in [5, 5.41) is 9.36. The molecule has 1 atom stereocenters. The van der Waals surface area contributed by atoms with E-state index >= 15 is 0 Å². The van der Waals surface area contributed by atoms with E-state index < -0.39 is 27.8 Å². The molecule has 26 heavy (non-hydrogen) atoms. The highest BCUT2D eigenvalue weighted by atomic mass is 32.2. The van der Waals surface area contributed by atoms with Gasteiger partial charge in [-0.2, -0.15) is 0 Å². The largest absolute Gasteiger partial charge is 0.480 e. The van der Waals surface area contributed by atoms with E-state index in [9.17, 15) is 23.1 Å². The van der Waals surface area contributed by atoms with E-state index in [2.05, 4.69) is 0 Å². The molecule has 6 nitrogen and oxygen atoms in total. The topological polar surface area (TPSA) is 91.8 Å². The minimum absolute atomic E-state index is 0.0495. The van der Waals surface area contributed by atoms with Crippen LogP contribution in [0, 0.1) is 0 Å². The minimum Gasteiger partial charge on any atom is -0.480 e. The molecule has 0 fully saturated rings. The van der Waals surface area contributed by atoms with Crippen molar-refractivity contribution in [3.63, 3.8) is 0 Å². The van der Waals surface area contributed by atoms with Gasteiger partial charge in [0.15, 0.2) is 9.84 Å². The van der Waals surface area contributed by atoms with Gasteiger partial charge in [-0.1, -0.05) is 43.3 Å². The number of sulfone groups is 1. The van der Waals surface area contributed by atoms with Gasteiger partial charge in [-0.3, -0.25) is 4.79 Å². The Morgan fingerprint density at radius 3 is 2.31 bits per heavy atom. The van der Waals surface area contributed by atoms with E-state index in [0.717, 1.165) is 5.56 Å². The summed E-state index contributed by atoms with van der Waals surface area (Å²) in [5.74, 6) is -1.74. The minimum atomic E-state index is -3.46.